The molecular formula is C16H28N4OS. The van der Waals surface area contributed by atoms with Gasteiger partial charge in [0.2, 0.25) is 0 Å². The quantitative estimate of drug-likeness (QED) is 0.840. The lowest BCUT2D eigenvalue weighted by Crippen LogP contribution is -2.49. The predicted octanol–water partition coefficient (Wildman–Crippen LogP) is 2.09. The maximum absolute atomic E-state index is 12.2. The fourth-order valence-electron chi connectivity index (χ4n) is 2.94. The lowest BCUT2D eigenvalue weighted by atomic mass is 9.94. The zero-order valence-corrected chi connectivity index (χ0v) is 14.7. The molecule has 2 heterocycles. The molecule has 1 aliphatic heterocycles. The maximum Gasteiger partial charge on any atom is 0.270 e. The van der Waals surface area contributed by atoms with E-state index in [2.05, 4.69) is 36.0 Å². The van der Waals surface area contributed by atoms with Crippen LogP contribution in [0.25, 0.3) is 0 Å². The first-order valence-electron chi connectivity index (χ1n) is 8.18. The normalized spacial score (nSPS) is 18.6. The number of rotatable bonds is 6. The molecule has 0 bridgehead atoms. The Kier molecular flexibility index (Phi) is 6.35. The molecule has 0 radical (unpaired) electrons. The summed E-state index contributed by atoms with van der Waals surface area (Å²) in [5.74, 6) is 1.25. The number of nitrogens with two attached hydrogens (primary N) is 1. The SMILES string of the molecule is CC1CCN(C(CNC(=O)c2csc(CN)n2)C(C)C)CC1. The largest absolute Gasteiger partial charge is 0.349 e. The van der Waals surface area contributed by atoms with Gasteiger partial charge in [-0.15, -0.1) is 11.3 Å². The highest BCUT2D eigenvalue weighted by molar-refractivity contribution is 7.09. The Bertz CT molecular complexity index is 480. The van der Waals surface area contributed by atoms with Crippen molar-refractivity contribution in [2.75, 3.05) is 19.6 Å². The van der Waals surface area contributed by atoms with Crippen molar-refractivity contribution >= 4 is 17.2 Å². The van der Waals surface area contributed by atoms with E-state index in [0.29, 0.717) is 30.7 Å². The number of likely N-dealkylation sites (tertiary alicyclic amines) is 1. The van der Waals surface area contributed by atoms with E-state index in [9.17, 15) is 4.79 Å². The molecular weight excluding hydrogens is 296 g/mol. The van der Waals surface area contributed by atoms with E-state index in [-0.39, 0.29) is 5.91 Å². The van der Waals surface area contributed by atoms with Gasteiger partial charge in [0.05, 0.1) is 0 Å². The molecule has 1 saturated heterocycles. The Balaban J connectivity index is 1.89. The molecule has 1 amide bonds. The number of hydrogen-bond donors (Lipinski definition) is 2. The molecule has 2 rings (SSSR count). The highest BCUT2D eigenvalue weighted by Gasteiger charge is 2.26. The zero-order valence-electron chi connectivity index (χ0n) is 13.8. The third-order valence-electron chi connectivity index (χ3n) is 4.49. The van der Waals surface area contributed by atoms with Gasteiger partial charge in [-0.2, -0.15) is 0 Å². The first-order valence-corrected chi connectivity index (χ1v) is 9.06. The molecule has 0 spiro atoms. The van der Waals surface area contributed by atoms with Crippen LogP contribution in [-0.4, -0.2) is 41.5 Å². The van der Waals surface area contributed by atoms with Gasteiger partial charge < -0.3 is 11.1 Å². The number of aromatic nitrogens is 1. The second-order valence-corrected chi connectivity index (χ2v) is 7.51. The number of carbonyl (C=O) groups is 1. The van der Waals surface area contributed by atoms with Crippen LogP contribution in [-0.2, 0) is 6.54 Å². The highest BCUT2D eigenvalue weighted by atomic mass is 32.1. The van der Waals surface area contributed by atoms with E-state index >= 15 is 0 Å². The van der Waals surface area contributed by atoms with E-state index in [4.69, 9.17) is 5.73 Å². The van der Waals surface area contributed by atoms with Crippen molar-refractivity contribution in [1.29, 1.82) is 0 Å². The summed E-state index contributed by atoms with van der Waals surface area (Å²) in [6, 6.07) is 0.393. The maximum atomic E-state index is 12.2. The smallest absolute Gasteiger partial charge is 0.270 e. The van der Waals surface area contributed by atoms with E-state index in [0.717, 1.165) is 24.0 Å². The number of nitrogens with one attached hydrogen (secondary N) is 1. The monoisotopic (exact) mass is 324 g/mol. The third-order valence-corrected chi connectivity index (χ3v) is 5.36. The topological polar surface area (TPSA) is 71.2 Å². The minimum Gasteiger partial charge on any atom is -0.349 e. The van der Waals surface area contributed by atoms with Crippen molar-refractivity contribution in [2.45, 2.75) is 46.2 Å². The molecule has 3 N–H and O–H groups in total. The minimum atomic E-state index is -0.0908. The molecule has 0 saturated carbocycles. The average molecular weight is 324 g/mol. The zero-order chi connectivity index (χ0) is 16.1. The van der Waals surface area contributed by atoms with Gasteiger partial charge in [0.25, 0.3) is 5.91 Å². The lowest BCUT2D eigenvalue weighted by molar-refractivity contribution is 0.0859. The molecule has 1 atom stereocenters. The molecule has 1 aliphatic rings. The first-order chi connectivity index (χ1) is 10.5. The van der Waals surface area contributed by atoms with Crippen molar-refractivity contribution < 1.29 is 4.79 Å². The Hall–Kier alpha value is -0.980. The van der Waals surface area contributed by atoms with Crippen LogP contribution in [0.3, 0.4) is 0 Å². The number of amides is 1. The summed E-state index contributed by atoms with van der Waals surface area (Å²) in [7, 11) is 0. The average Bonchev–Trinajstić information content (AvgIpc) is 2.98. The fourth-order valence-corrected chi connectivity index (χ4v) is 3.60. The second kappa shape index (κ2) is 8.04. The van der Waals surface area contributed by atoms with E-state index in [1.165, 1.54) is 24.2 Å². The van der Waals surface area contributed by atoms with Gasteiger partial charge in [0.15, 0.2) is 0 Å². The number of thiazole rings is 1. The van der Waals surface area contributed by atoms with Gasteiger partial charge >= 0.3 is 0 Å². The van der Waals surface area contributed by atoms with Gasteiger partial charge in [0.1, 0.15) is 10.7 Å². The van der Waals surface area contributed by atoms with Crippen LogP contribution < -0.4 is 11.1 Å². The van der Waals surface area contributed by atoms with Crippen molar-refractivity contribution in [3.05, 3.63) is 16.1 Å². The summed E-state index contributed by atoms with van der Waals surface area (Å²) in [6.45, 7) is 10.1. The molecule has 0 aliphatic carbocycles. The minimum absolute atomic E-state index is 0.0908. The van der Waals surface area contributed by atoms with Crippen LogP contribution in [0.2, 0.25) is 0 Å². The summed E-state index contributed by atoms with van der Waals surface area (Å²) < 4.78 is 0. The van der Waals surface area contributed by atoms with Gasteiger partial charge in [0, 0.05) is 24.5 Å². The molecule has 1 aromatic rings. The Morgan fingerprint density at radius 2 is 2.18 bits per heavy atom. The van der Waals surface area contributed by atoms with Crippen LogP contribution >= 0.6 is 11.3 Å². The number of carbonyl (C=O) groups excluding carboxylic acids is 1. The van der Waals surface area contributed by atoms with E-state index in [1.54, 1.807) is 5.38 Å². The Labute approximate surface area is 137 Å². The van der Waals surface area contributed by atoms with Crippen molar-refractivity contribution in [2.24, 2.45) is 17.6 Å². The van der Waals surface area contributed by atoms with Gasteiger partial charge in [-0.25, -0.2) is 4.98 Å². The van der Waals surface area contributed by atoms with Crippen molar-refractivity contribution in [1.82, 2.24) is 15.2 Å². The van der Waals surface area contributed by atoms with Crippen LogP contribution in [0.15, 0.2) is 5.38 Å². The molecule has 6 heteroatoms. The summed E-state index contributed by atoms with van der Waals surface area (Å²) in [4.78, 5) is 19.0. The third kappa shape index (κ3) is 4.51. The van der Waals surface area contributed by atoms with Crippen LogP contribution in [0, 0.1) is 11.8 Å². The van der Waals surface area contributed by atoms with Gasteiger partial charge in [-0.3, -0.25) is 9.69 Å². The van der Waals surface area contributed by atoms with E-state index < -0.39 is 0 Å². The van der Waals surface area contributed by atoms with E-state index in [1.807, 2.05) is 0 Å². The summed E-state index contributed by atoms with van der Waals surface area (Å²) in [5, 5.41) is 5.63. The molecule has 1 aromatic heterocycles. The highest BCUT2D eigenvalue weighted by Crippen LogP contribution is 2.21. The van der Waals surface area contributed by atoms with Crippen LogP contribution in [0.4, 0.5) is 0 Å². The number of nitrogens with zero attached hydrogens (tertiary/aromatic N) is 2. The molecule has 1 unspecified atom stereocenters. The Morgan fingerprint density at radius 3 is 2.73 bits per heavy atom. The Morgan fingerprint density at radius 1 is 1.50 bits per heavy atom. The van der Waals surface area contributed by atoms with Gasteiger partial charge in [-0.05, 0) is 37.8 Å². The molecule has 124 valence electrons. The summed E-state index contributed by atoms with van der Waals surface area (Å²) in [5.41, 5.74) is 6.03. The molecule has 0 aromatic carbocycles. The molecule has 1 fully saturated rings. The molecule has 22 heavy (non-hydrogen) atoms. The predicted molar refractivity (Wildman–Crippen MR) is 90.9 cm³/mol. The van der Waals surface area contributed by atoms with Crippen LogP contribution in [0.5, 0.6) is 0 Å². The second-order valence-electron chi connectivity index (χ2n) is 6.57. The standard InChI is InChI=1S/C16H28N4OS/c1-11(2)14(20-6-4-12(3)5-7-20)9-18-16(21)13-10-22-15(8-17)19-13/h10-12,14H,4-9,17H2,1-3H3,(H,18,21). The fraction of sp³-hybridized carbons (Fsp3) is 0.750. The molecule has 5 nitrogen and oxygen atoms in total. The van der Waals surface area contributed by atoms with Crippen molar-refractivity contribution in [3.8, 4) is 0 Å². The van der Waals surface area contributed by atoms with Gasteiger partial charge in [-0.1, -0.05) is 20.8 Å². The van der Waals surface area contributed by atoms with Crippen molar-refractivity contribution in [3.63, 3.8) is 0 Å². The number of hydrogen-bond acceptors (Lipinski definition) is 5. The number of piperidine rings is 1. The van der Waals surface area contributed by atoms with Crippen LogP contribution in [0.1, 0.15) is 49.1 Å². The summed E-state index contributed by atoms with van der Waals surface area (Å²) in [6.07, 6.45) is 2.51. The summed E-state index contributed by atoms with van der Waals surface area (Å²) >= 11 is 1.44. The first kappa shape index (κ1) is 17.4. The lowest BCUT2D eigenvalue weighted by Gasteiger charge is -2.38.